The molecular formula is C21H29FO. The van der Waals surface area contributed by atoms with E-state index in [2.05, 4.69) is 25.2 Å². The van der Waals surface area contributed by atoms with E-state index < -0.39 is 0 Å². The van der Waals surface area contributed by atoms with Gasteiger partial charge in [-0.1, -0.05) is 62.6 Å². The molecule has 0 saturated carbocycles. The SMILES string of the molecule is CCCCCCc1ccc(C=CC2C=CC(CO)CC2)cc1F. The number of unbranched alkanes of at least 4 members (excludes halogenated alkanes) is 3. The number of aryl methyl sites for hydroxylation is 1. The summed E-state index contributed by atoms with van der Waals surface area (Å²) in [6.07, 6.45) is 16.0. The highest BCUT2D eigenvalue weighted by atomic mass is 19.1. The molecule has 0 heterocycles. The summed E-state index contributed by atoms with van der Waals surface area (Å²) in [6.45, 7) is 2.42. The van der Waals surface area contributed by atoms with Gasteiger partial charge in [-0.2, -0.15) is 0 Å². The third-order valence-electron chi connectivity index (χ3n) is 4.65. The van der Waals surface area contributed by atoms with Crippen molar-refractivity contribution in [3.8, 4) is 0 Å². The van der Waals surface area contributed by atoms with E-state index in [1.165, 1.54) is 19.3 Å². The van der Waals surface area contributed by atoms with Crippen molar-refractivity contribution in [3.05, 3.63) is 53.4 Å². The van der Waals surface area contributed by atoms with Gasteiger partial charge in [0.15, 0.2) is 0 Å². The Morgan fingerprint density at radius 3 is 2.70 bits per heavy atom. The summed E-state index contributed by atoms with van der Waals surface area (Å²) < 4.78 is 14.1. The minimum absolute atomic E-state index is 0.0804. The number of benzene rings is 1. The van der Waals surface area contributed by atoms with E-state index in [1.807, 2.05) is 18.2 Å². The molecule has 1 aromatic carbocycles. The Kier molecular flexibility index (Phi) is 7.54. The number of aliphatic hydroxyl groups is 1. The Morgan fingerprint density at radius 1 is 1.17 bits per heavy atom. The topological polar surface area (TPSA) is 20.2 Å². The van der Waals surface area contributed by atoms with Gasteiger partial charge in [-0.25, -0.2) is 4.39 Å². The smallest absolute Gasteiger partial charge is 0.126 e. The van der Waals surface area contributed by atoms with Crippen LogP contribution in [0.4, 0.5) is 4.39 Å². The van der Waals surface area contributed by atoms with E-state index in [1.54, 1.807) is 6.07 Å². The first kappa shape index (κ1) is 17.9. The minimum Gasteiger partial charge on any atom is -0.396 e. The van der Waals surface area contributed by atoms with Crippen LogP contribution >= 0.6 is 0 Å². The third-order valence-corrected chi connectivity index (χ3v) is 4.65. The molecular weight excluding hydrogens is 287 g/mol. The summed E-state index contributed by atoms with van der Waals surface area (Å²) in [4.78, 5) is 0. The van der Waals surface area contributed by atoms with Crippen LogP contribution in [0.1, 0.15) is 56.6 Å². The normalized spacial score (nSPS) is 21.2. The lowest BCUT2D eigenvalue weighted by atomic mass is 9.88. The summed E-state index contributed by atoms with van der Waals surface area (Å²) in [5.41, 5.74) is 1.76. The largest absolute Gasteiger partial charge is 0.396 e. The minimum atomic E-state index is -0.0804. The summed E-state index contributed by atoms with van der Waals surface area (Å²) >= 11 is 0. The molecule has 126 valence electrons. The van der Waals surface area contributed by atoms with Gasteiger partial charge >= 0.3 is 0 Å². The van der Waals surface area contributed by atoms with Crippen molar-refractivity contribution in [1.29, 1.82) is 0 Å². The van der Waals surface area contributed by atoms with Gasteiger partial charge < -0.3 is 5.11 Å². The van der Waals surface area contributed by atoms with Crippen LogP contribution in [0.15, 0.2) is 36.4 Å². The van der Waals surface area contributed by atoms with Crippen molar-refractivity contribution in [2.75, 3.05) is 6.61 Å². The van der Waals surface area contributed by atoms with Crippen LogP contribution in [0.3, 0.4) is 0 Å². The predicted molar refractivity (Wildman–Crippen MR) is 95.7 cm³/mol. The second-order valence-electron chi connectivity index (χ2n) is 6.59. The van der Waals surface area contributed by atoms with Crippen LogP contribution in [-0.4, -0.2) is 11.7 Å². The van der Waals surface area contributed by atoms with E-state index >= 15 is 0 Å². The maximum Gasteiger partial charge on any atom is 0.126 e. The lowest BCUT2D eigenvalue weighted by Gasteiger charge is -2.18. The molecule has 1 aliphatic carbocycles. The first-order valence-electron chi connectivity index (χ1n) is 8.98. The second kappa shape index (κ2) is 9.67. The van der Waals surface area contributed by atoms with Gasteiger partial charge in [0.25, 0.3) is 0 Å². The second-order valence-corrected chi connectivity index (χ2v) is 6.59. The zero-order valence-corrected chi connectivity index (χ0v) is 14.2. The van der Waals surface area contributed by atoms with Gasteiger partial charge in [0.05, 0.1) is 0 Å². The molecule has 0 radical (unpaired) electrons. The fourth-order valence-electron chi connectivity index (χ4n) is 3.06. The molecule has 1 aromatic rings. The molecule has 0 spiro atoms. The molecule has 2 atom stereocenters. The van der Waals surface area contributed by atoms with Gasteiger partial charge in [-0.15, -0.1) is 0 Å². The molecule has 0 aliphatic heterocycles. The van der Waals surface area contributed by atoms with Crippen molar-refractivity contribution in [1.82, 2.24) is 0 Å². The lowest BCUT2D eigenvalue weighted by molar-refractivity contribution is 0.238. The van der Waals surface area contributed by atoms with E-state index in [4.69, 9.17) is 5.11 Å². The fourth-order valence-corrected chi connectivity index (χ4v) is 3.06. The van der Waals surface area contributed by atoms with E-state index in [-0.39, 0.29) is 12.4 Å². The van der Waals surface area contributed by atoms with Crippen molar-refractivity contribution in [2.45, 2.75) is 51.9 Å². The molecule has 0 saturated heterocycles. The standard InChI is InChI=1S/C21H29FO/c1-2-3-4-5-6-20-14-13-18(15-21(20)22)10-7-17-8-11-19(16-23)12-9-17/h7-8,10-11,13-15,17,19,23H,2-6,9,12,16H2,1H3. The Bertz CT molecular complexity index is 533. The molecule has 23 heavy (non-hydrogen) atoms. The van der Waals surface area contributed by atoms with E-state index in [0.29, 0.717) is 11.8 Å². The van der Waals surface area contributed by atoms with E-state index in [0.717, 1.165) is 36.8 Å². The Hall–Kier alpha value is -1.41. The zero-order chi connectivity index (χ0) is 16.5. The van der Waals surface area contributed by atoms with Crippen molar-refractivity contribution in [2.24, 2.45) is 11.8 Å². The first-order chi connectivity index (χ1) is 11.2. The van der Waals surface area contributed by atoms with Crippen LogP contribution in [0.25, 0.3) is 6.08 Å². The molecule has 1 aliphatic rings. The van der Waals surface area contributed by atoms with Crippen LogP contribution in [0.5, 0.6) is 0 Å². The number of allylic oxidation sites excluding steroid dienone is 2. The Balaban J connectivity index is 1.88. The molecule has 0 amide bonds. The van der Waals surface area contributed by atoms with Gasteiger partial charge in [0.2, 0.25) is 0 Å². The highest BCUT2D eigenvalue weighted by molar-refractivity contribution is 5.50. The maximum atomic E-state index is 14.1. The monoisotopic (exact) mass is 316 g/mol. The summed E-state index contributed by atoms with van der Waals surface area (Å²) in [5.74, 6) is 0.627. The summed E-state index contributed by atoms with van der Waals surface area (Å²) in [6, 6.07) is 5.59. The van der Waals surface area contributed by atoms with Crippen molar-refractivity contribution in [3.63, 3.8) is 0 Å². The van der Waals surface area contributed by atoms with E-state index in [9.17, 15) is 4.39 Å². The quantitative estimate of drug-likeness (QED) is 0.493. The number of aliphatic hydroxyl groups excluding tert-OH is 1. The molecule has 2 rings (SSSR count). The number of hydrogen-bond donors (Lipinski definition) is 1. The van der Waals surface area contributed by atoms with Gasteiger partial charge in [0.1, 0.15) is 5.82 Å². The van der Waals surface area contributed by atoms with Crippen LogP contribution in [0.2, 0.25) is 0 Å². The third kappa shape index (κ3) is 5.95. The van der Waals surface area contributed by atoms with Crippen LogP contribution < -0.4 is 0 Å². The molecule has 2 heteroatoms. The van der Waals surface area contributed by atoms with Gasteiger partial charge in [-0.05, 0) is 54.7 Å². The highest BCUT2D eigenvalue weighted by Gasteiger charge is 2.12. The van der Waals surface area contributed by atoms with Crippen molar-refractivity contribution < 1.29 is 9.50 Å². The predicted octanol–water partition coefficient (Wildman–Crippen LogP) is 5.54. The summed E-state index contributed by atoms with van der Waals surface area (Å²) in [5, 5.41) is 9.12. The summed E-state index contributed by atoms with van der Waals surface area (Å²) in [7, 11) is 0. The number of rotatable bonds is 8. The first-order valence-corrected chi connectivity index (χ1v) is 8.98. The maximum absolute atomic E-state index is 14.1. The molecule has 1 N–H and O–H groups in total. The zero-order valence-electron chi connectivity index (χ0n) is 14.2. The molecule has 1 nitrogen and oxygen atoms in total. The number of halogens is 1. The van der Waals surface area contributed by atoms with Gasteiger partial charge in [-0.3, -0.25) is 0 Å². The Labute approximate surface area is 139 Å². The van der Waals surface area contributed by atoms with Crippen molar-refractivity contribution >= 4 is 6.08 Å². The highest BCUT2D eigenvalue weighted by Crippen LogP contribution is 2.24. The van der Waals surface area contributed by atoms with Gasteiger partial charge in [0, 0.05) is 6.61 Å². The molecule has 0 aromatic heterocycles. The van der Waals surface area contributed by atoms with Crippen LogP contribution in [-0.2, 0) is 6.42 Å². The molecule has 2 unspecified atom stereocenters. The average molecular weight is 316 g/mol. The average Bonchev–Trinajstić information content (AvgIpc) is 2.59. The fraction of sp³-hybridized carbons (Fsp3) is 0.524. The molecule has 0 bridgehead atoms. The van der Waals surface area contributed by atoms with Crippen LogP contribution in [0, 0.1) is 17.7 Å². The lowest BCUT2D eigenvalue weighted by Crippen LogP contribution is -2.10. The molecule has 0 fully saturated rings. The number of hydrogen-bond acceptors (Lipinski definition) is 1. The Morgan fingerprint density at radius 2 is 2.04 bits per heavy atom.